The highest BCUT2D eigenvalue weighted by Crippen LogP contribution is 2.23. The molecule has 1 unspecified atom stereocenters. The van der Waals surface area contributed by atoms with E-state index in [2.05, 4.69) is 25.6 Å². The average molecular weight is 349 g/mol. The van der Waals surface area contributed by atoms with E-state index in [9.17, 15) is 9.59 Å². The van der Waals surface area contributed by atoms with Gasteiger partial charge in [-0.3, -0.25) is 9.78 Å². The number of nitrogens with one attached hydrogen (secondary N) is 3. The Morgan fingerprint density at radius 1 is 1.27 bits per heavy atom. The predicted octanol–water partition coefficient (Wildman–Crippen LogP) is 2.95. The second-order valence-corrected chi connectivity index (χ2v) is 5.85. The van der Waals surface area contributed by atoms with Crippen molar-refractivity contribution in [3.05, 3.63) is 65.2 Å². The molecule has 0 radical (unpaired) electrons. The van der Waals surface area contributed by atoms with Crippen LogP contribution in [0.2, 0.25) is 0 Å². The van der Waals surface area contributed by atoms with Gasteiger partial charge in [-0.2, -0.15) is 0 Å². The van der Waals surface area contributed by atoms with Crippen LogP contribution in [0.25, 0.3) is 21.9 Å². The highest BCUT2D eigenvalue weighted by Gasteiger charge is 2.14. The molecule has 3 N–H and O–H groups in total. The van der Waals surface area contributed by atoms with E-state index in [-0.39, 0.29) is 11.6 Å². The molecule has 0 fully saturated rings. The first-order valence-electron chi connectivity index (χ1n) is 7.98. The van der Waals surface area contributed by atoms with Gasteiger partial charge < -0.3 is 20.0 Å². The molecule has 2 amide bonds. The number of pyridine rings is 1. The summed E-state index contributed by atoms with van der Waals surface area (Å²) in [6, 6.07) is 7.81. The first kappa shape index (κ1) is 15.8. The van der Waals surface area contributed by atoms with Gasteiger partial charge in [0.2, 0.25) is 0 Å². The van der Waals surface area contributed by atoms with Crippen molar-refractivity contribution in [3.8, 4) is 0 Å². The summed E-state index contributed by atoms with van der Waals surface area (Å²) in [5.74, 6) is 0.627. The van der Waals surface area contributed by atoms with Crippen molar-refractivity contribution in [1.29, 1.82) is 0 Å². The minimum Gasteiger partial charge on any atom is -0.459 e. The van der Waals surface area contributed by atoms with E-state index < -0.39 is 6.03 Å². The predicted molar refractivity (Wildman–Crippen MR) is 96.9 cm³/mol. The number of furan rings is 1. The Kier molecular flexibility index (Phi) is 3.85. The summed E-state index contributed by atoms with van der Waals surface area (Å²) < 4.78 is 5.72. The zero-order valence-electron chi connectivity index (χ0n) is 13.8. The lowest BCUT2D eigenvalue weighted by Gasteiger charge is -2.12. The van der Waals surface area contributed by atoms with Crippen molar-refractivity contribution >= 4 is 33.6 Å². The second kappa shape index (κ2) is 6.32. The number of aromatic amines is 1. The topological polar surface area (TPSA) is 113 Å². The molecule has 3 aromatic heterocycles. The quantitative estimate of drug-likeness (QED) is 0.526. The summed E-state index contributed by atoms with van der Waals surface area (Å²) in [5, 5.41) is 6.79. The minimum atomic E-state index is -0.407. The Morgan fingerprint density at radius 2 is 2.15 bits per heavy atom. The number of anilines is 1. The van der Waals surface area contributed by atoms with Gasteiger partial charge in [0, 0.05) is 23.5 Å². The normalized spacial score (nSPS) is 12.2. The third-order valence-electron chi connectivity index (χ3n) is 4.01. The van der Waals surface area contributed by atoms with Gasteiger partial charge in [0.25, 0.3) is 5.56 Å². The van der Waals surface area contributed by atoms with E-state index in [1.807, 2.05) is 13.0 Å². The third kappa shape index (κ3) is 3.00. The molecule has 130 valence electrons. The zero-order valence-corrected chi connectivity index (χ0v) is 13.8. The molecular formula is C18H15N5O3. The van der Waals surface area contributed by atoms with E-state index in [4.69, 9.17) is 4.42 Å². The molecule has 0 aliphatic rings. The summed E-state index contributed by atoms with van der Waals surface area (Å²) in [4.78, 5) is 34.7. The van der Waals surface area contributed by atoms with E-state index in [0.717, 1.165) is 5.39 Å². The van der Waals surface area contributed by atoms with Crippen LogP contribution in [0.1, 0.15) is 18.7 Å². The SMILES string of the molecule is CC(NC(=O)Nc1ccc2nc[nH]c(=O)c2c1)c1cc2cnccc2o1. The lowest BCUT2D eigenvalue weighted by Crippen LogP contribution is -2.31. The molecule has 4 rings (SSSR count). The first-order valence-corrected chi connectivity index (χ1v) is 7.98. The van der Waals surface area contributed by atoms with E-state index in [0.29, 0.717) is 27.9 Å². The molecule has 0 saturated heterocycles. The van der Waals surface area contributed by atoms with E-state index in [1.54, 1.807) is 36.7 Å². The fourth-order valence-corrected chi connectivity index (χ4v) is 2.70. The number of carbonyl (C=O) groups is 1. The molecule has 26 heavy (non-hydrogen) atoms. The summed E-state index contributed by atoms with van der Waals surface area (Å²) >= 11 is 0. The number of aromatic nitrogens is 3. The fourth-order valence-electron chi connectivity index (χ4n) is 2.70. The second-order valence-electron chi connectivity index (χ2n) is 5.85. The van der Waals surface area contributed by atoms with Gasteiger partial charge >= 0.3 is 6.03 Å². The van der Waals surface area contributed by atoms with E-state index >= 15 is 0 Å². The smallest absolute Gasteiger partial charge is 0.319 e. The molecule has 0 aliphatic heterocycles. The van der Waals surface area contributed by atoms with Crippen LogP contribution in [0.5, 0.6) is 0 Å². The maximum absolute atomic E-state index is 12.3. The first-order chi connectivity index (χ1) is 12.6. The van der Waals surface area contributed by atoms with Crippen LogP contribution >= 0.6 is 0 Å². The van der Waals surface area contributed by atoms with E-state index in [1.165, 1.54) is 6.33 Å². The van der Waals surface area contributed by atoms with Gasteiger partial charge in [-0.15, -0.1) is 0 Å². The van der Waals surface area contributed by atoms with Gasteiger partial charge in [-0.25, -0.2) is 9.78 Å². The monoisotopic (exact) mass is 349 g/mol. The van der Waals surface area contributed by atoms with Crippen molar-refractivity contribution in [2.75, 3.05) is 5.32 Å². The van der Waals surface area contributed by atoms with Crippen LogP contribution in [0, 0.1) is 0 Å². The Hall–Kier alpha value is -3.68. The lowest BCUT2D eigenvalue weighted by molar-refractivity contribution is 0.248. The Labute approximate surface area is 147 Å². The highest BCUT2D eigenvalue weighted by molar-refractivity contribution is 5.92. The number of benzene rings is 1. The molecule has 8 heteroatoms. The molecule has 0 aliphatic carbocycles. The molecule has 4 aromatic rings. The van der Waals surface area contributed by atoms with Crippen LogP contribution in [-0.2, 0) is 0 Å². The standard InChI is InChI=1S/C18H15N5O3/c1-10(16-6-11-8-19-5-4-15(11)26-16)22-18(25)23-12-2-3-14-13(7-12)17(24)21-9-20-14/h2-10H,1H3,(H,20,21,24)(H2,22,23,25). The summed E-state index contributed by atoms with van der Waals surface area (Å²) in [6.45, 7) is 1.82. The maximum Gasteiger partial charge on any atom is 0.319 e. The van der Waals surface area contributed by atoms with Crippen molar-refractivity contribution < 1.29 is 9.21 Å². The number of fused-ring (bicyclic) bond motifs is 2. The average Bonchev–Trinajstić information content (AvgIpc) is 3.07. The summed E-state index contributed by atoms with van der Waals surface area (Å²) in [7, 11) is 0. The fraction of sp³-hybridized carbons (Fsp3) is 0.111. The number of hydrogen-bond acceptors (Lipinski definition) is 5. The van der Waals surface area contributed by atoms with Crippen LogP contribution in [-0.4, -0.2) is 21.0 Å². The van der Waals surface area contributed by atoms with Gasteiger partial charge in [-0.1, -0.05) is 0 Å². The van der Waals surface area contributed by atoms with Crippen molar-refractivity contribution in [2.24, 2.45) is 0 Å². The minimum absolute atomic E-state index is 0.261. The summed E-state index contributed by atoms with van der Waals surface area (Å²) in [5.41, 5.74) is 1.51. The van der Waals surface area contributed by atoms with Crippen LogP contribution in [0.3, 0.4) is 0 Å². The Morgan fingerprint density at radius 3 is 3.00 bits per heavy atom. The van der Waals surface area contributed by atoms with Gasteiger partial charge in [0.15, 0.2) is 0 Å². The van der Waals surface area contributed by atoms with Crippen molar-refractivity contribution in [1.82, 2.24) is 20.3 Å². The third-order valence-corrected chi connectivity index (χ3v) is 4.01. The van der Waals surface area contributed by atoms with Crippen molar-refractivity contribution in [3.63, 3.8) is 0 Å². The van der Waals surface area contributed by atoms with Crippen LogP contribution in [0.4, 0.5) is 10.5 Å². The maximum atomic E-state index is 12.3. The number of amides is 2. The molecular weight excluding hydrogens is 334 g/mol. The number of carbonyl (C=O) groups excluding carboxylic acids is 1. The number of hydrogen-bond donors (Lipinski definition) is 3. The lowest BCUT2D eigenvalue weighted by atomic mass is 10.2. The largest absolute Gasteiger partial charge is 0.459 e. The molecule has 0 spiro atoms. The number of rotatable bonds is 3. The molecule has 3 heterocycles. The Bertz CT molecular complexity index is 1130. The number of urea groups is 1. The van der Waals surface area contributed by atoms with Crippen molar-refractivity contribution in [2.45, 2.75) is 13.0 Å². The number of H-pyrrole nitrogens is 1. The van der Waals surface area contributed by atoms with Crippen LogP contribution in [0.15, 0.2) is 58.3 Å². The Balaban J connectivity index is 1.49. The van der Waals surface area contributed by atoms with Gasteiger partial charge in [-0.05, 0) is 37.3 Å². The highest BCUT2D eigenvalue weighted by atomic mass is 16.3. The van der Waals surface area contributed by atoms with Gasteiger partial charge in [0.1, 0.15) is 11.3 Å². The van der Waals surface area contributed by atoms with Crippen LogP contribution < -0.4 is 16.2 Å². The molecule has 0 bridgehead atoms. The number of nitrogens with zero attached hydrogens (tertiary/aromatic N) is 2. The molecule has 8 nitrogen and oxygen atoms in total. The molecule has 0 saturated carbocycles. The molecule has 1 atom stereocenters. The van der Waals surface area contributed by atoms with Gasteiger partial charge in [0.05, 0.1) is 23.3 Å². The zero-order chi connectivity index (χ0) is 18.1. The summed E-state index contributed by atoms with van der Waals surface area (Å²) in [6.07, 6.45) is 4.70. The molecule has 1 aromatic carbocycles.